The van der Waals surface area contributed by atoms with E-state index in [1.54, 1.807) is 11.9 Å². The van der Waals surface area contributed by atoms with Gasteiger partial charge in [-0.3, -0.25) is 10.1 Å². The lowest BCUT2D eigenvalue weighted by molar-refractivity contribution is -0.118. The molecular formula is C14H15N3O2. The molecule has 3 amide bonds. The number of nitrogens with two attached hydrogens (primary N) is 1. The zero-order valence-corrected chi connectivity index (χ0v) is 10.6. The Balaban J connectivity index is 2.24. The molecule has 19 heavy (non-hydrogen) atoms. The molecule has 3 N–H and O–H groups in total. The summed E-state index contributed by atoms with van der Waals surface area (Å²) in [6, 6.07) is 12.9. The number of carbonyl (C=O) groups excluding carboxylic acids is 2. The zero-order chi connectivity index (χ0) is 13.8. The molecule has 2 aromatic carbocycles. The molecular weight excluding hydrogens is 242 g/mol. The van der Waals surface area contributed by atoms with Crippen LogP contribution in [0.15, 0.2) is 42.5 Å². The number of nitrogens with one attached hydrogen (secondary N) is 1. The number of rotatable bonds is 3. The Bertz CT molecular complexity index is 620. The SMILES string of the molecule is CN(CC(=O)NC(N)=O)c1cccc2ccccc12. The molecule has 0 fully saturated rings. The molecule has 5 heteroatoms. The number of imide groups is 1. The third-order valence-electron chi connectivity index (χ3n) is 2.82. The van der Waals surface area contributed by atoms with Gasteiger partial charge < -0.3 is 10.6 Å². The van der Waals surface area contributed by atoms with Gasteiger partial charge >= 0.3 is 6.03 Å². The molecule has 98 valence electrons. The van der Waals surface area contributed by atoms with Crippen LogP contribution >= 0.6 is 0 Å². The molecule has 0 aliphatic heterocycles. The van der Waals surface area contributed by atoms with E-state index in [9.17, 15) is 9.59 Å². The average molecular weight is 257 g/mol. The highest BCUT2D eigenvalue weighted by Crippen LogP contribution is 2.25. The minimum Gasteiger partial charge on any atom is -0.365 e. The standard InChI is InChI=1S/C14H15N3O2/c1-17(9-13(18)16-14(15)19)12-8-4-6-10-5-2-3-7-11(10)12/h2-8H,9H2,1H3,(H3,15,16,18,19). The third kappa shape index (κ3) is 3.01. The molecule has 2 aromatic rings. The van der Waals surface area contributed by atoms with Gasteiger partial charge in [-0.05, 0) is 11.5 Å². The smallest absolute Gasteiger partial charge is 0.318 e. The number of hydrogen-bond acceptors (Lipinski definition) is 3. The van der Waals surface area contributed by atoms with Crippen LogP contribution in [0.5, 0.6) is 0 Å². The zero-order valence-electron chi connectivity index (χ0n) is 10.6. The summed E-state index contributed by atoms with van der Waals surface area (Å²) in [4.78, 5) is 23.9. The first-order valence-electron chi connectivity index (χ1n) is 5.86. The average Bonchev–Trinajstić information content (AvgIpc) is 2.36. The summed E-state index contributed by atoms with van der Waals surface area (Å²) >= 11 is 0. The Hall–Kier alpha value is -2.56. The molecule has 0 atom stereocenters. The van der Waals surface area contributed by atoms with Gasteiger partial charge in [0.15, 0.2) is 0 Å². The number of likely N-dealkylation sites (N-methyl/N-ethyl adjacent to an activating group) is 1. The lowest BCUT2D eigenvalue weighted by Gasteiger charge is -2.20. The molecule has 0 heterocycles. The highest BCUT2D eigenvalue weighted by Gasteiger charge is 2.11. The van der Waals surface area contributed by atoms with E-state index >= 15 is 0 Å². The van der Waals surface area contributed by atoms with Crippen molar-refractivity contribution in [2.75, 3.05) is 18.5 Å². The number of primary amides is 1. The molecule has 0 unspecified atom stereocenters. The second-order valence-corrected chi connectivity index (χ2v) is 4.27. The van der Waals surface area contributed by atoms with E-state index in [1.165, 1.54) is 0 Å². The van der Waals surface area contributed by atoms with Crippen molar-refractivity contribution in [2.24, 2.45) is 5.73 Å². The first-order valence-corrected chi connectivity index (χ1v) is 5.86. The maximum atomic E-state index is 11.5. The normalized spacial score (nSPS) is 10.2. The summed E-state index contributed by atoms with van der Waals surface area (Å²) in [5, 5.41) is 4.20. The van der Waals surface area contributed by atoms with Gasteiger partial charge in [-0.15, -0.1) is 0 Å². The second kappa shape index (κ2) is 5.39. The van der Waals surface area contributed by atoms with E-state index < -0.39 is 11.9 Å². The Kier molecular flexibility index (Phi) is 3.66. The number of benzene rings is 2. The molecule has 0 saturated heterocycles. The monoisotopic (exact) mass is 257 g/mol. The summed E-state index contributed by atoms with van der Waals surface area (Å²) < 4.78 is 0. The van der Waals surface area contributed by atoms with Crippen LogP contribution in [0, 0.1) is 0 Å². The number of fused-ring (bicyclic) bond motifs is 1. The predicted octanol–water partition coefficient (Wildman–Crippen LogP) is 1.47. The van der Waals surface area contributed by atoms with Gasteiger partial charge in [-0.1, -0.05) is 36.4 Å². The summed E-state index contributed by atoms with van der Waals surface area (Å²) in [6.07, 6.45) is 0. The van der Waals surface area contributed by atoms with E-state index in [0.29, 0.717) is 0 Å². The fourth-order valence-electron chi connectivity index (χ4n) is 2.02. The van der Waals surface area contributed by atoms with E-state index in [0.717, 1.165) is 16.5 Å². The largest absolute Gasteiger partial charge is 0.365 e. The molecule has 0 spiro atoms. The van der Waals surface area contributed by atoms with Crippen LogP contribution in [0.2, 0.25) is 0 Å². The number of urea groups is 1. The number of nitrogens with zero attached hydrogens (tertiary/aromatic N) is 1. The molecule has 5 nitrogen and oxygen atoms in total. The van der Waals surface area contributed by atoms with Crippen LogP contribution in [0.25, 0.3) is 10.8 Å². The van der Waals surface area contributed by atoms with Gasteiger partial charge in [0.1, 0.15) is 0 Å². The molecule has 0 saturated carbocycles. The van der Waals surface area contributed by atoms with Gasteiger partial charge in [0.05, 0.1) is 6.54 Å². The maximum absolute atomic E-state index is 11.5. The molecule has 0 radical (unpaired) electrons. The lowest BCUT2D eigenvalue weighted by atomic mass is 10.1. The van der Waals surface area contributed by atoms with Gasteiger partial charge in [-0.25, -0.2) is 4.79 Å². The van der Waals surface area contributed by atoms with E-state index in [-0.39, 0.29) is 6.54 Å². The molecule has 2 rings (SSSR count). The van der Waals surface area contributed by atoms with Gasteiger partial charge in [0.25, 0.3) is 0 Å². The highest BCUT2D eigenvalue weighted by molar-refractivity contribution is 5.98. The van der Waals surface area contributed by atoms with Crippen LogP contribution in [-0.2, 0) is 4.79 Å². The van der Waals surface area contributed by atoms with Gasteiger partial charge in [0, 0.05) is 18.1 Å². The van der Waals surface area contributed by atoms with Crippen LogP contribution in [0.4, 0.5) is 10.5 Å². The van der Waals surface area contributed by atoms with Crippen molar-refractivity contribution in [1.29, 1.82) is 0 Å². The third-order valence-corrected chi connectivity index (χ3v) is 2.82. The van der Waals surface area contributed by atoms with Crippen molar-refractivity contribution in [3.8, 4) is 0 Å². The molecule has 0 aliphatic rings. The number of amides is 3. The van der Waals surface area contributed by atoms with Crippen molar-refractivity contribution in [2.45, 2.75) is 0 Å². The first-order chi connectivity index (χ1) is 9.08. The van der Waals surface area contributed by atoms with Crippen molar-refractivity contribution < 1.29 is 9.59 Å². The first kappa shape index (κ1) is 12.9. The van der Waals surface area contributed by atoms with Crippen LogP contribution in [0.1, 0.15) is 0 Å². The van der Waals surface area contributed by atoms with Crippen molar-refractivity contribution in [3.05, 3.63) is 42.5 Å². The molecule has 0 bridgehead atoms. The van der Waals surface area contributed by atoms with Crippen molar-refractivity contribution >= 4 is 28.4 Å². The number of hydrogen-bond donors (Lipinski definition) is 2. The summed E-state index contributed by atoms with van der Waals surface area (Å²) in [6.45, 7) is 0.0664. The maximum Gasteiger partial charge on any atom is 0.318 e. The van der Waals surface area contributed by atoms with Crippen LogP contribution in [0.3, 0.4) is 0 Å². The van der Waals surface area contributed by atoms with Gasteiger partial charge in [0.2, 0.25) is 5.91 Å². The minimum atomic E-state index is -0.837. The topological polar surface area (TPSA) is 75.4 Å². The summed E-state index contributed by atoms with van der Waals surface area (Å²) in [5.74, 6) is -0.428. The van der Waals surface area contributed by atoms with Crippen LogP contribution in [-0.4, -0.2) is 25.5 Å². The van der Waals surface area contributed by atoms with Crippen molar-refractivity contribution in [1.82, 2.24) is 5.32 Å². The Morgan fingerprint density at radius 1 is 1.16 bits per heavy atom. The Morgan fingerprint density at radius 3 is 2.58 bits per heavy atom. The molecule has 0 aliphatic carbocycles. The second-order valence-electron chi connectivity index (χ2n) is 4.27. The van der Waals surface area contributed by atoms with Crippen molar-refractivity contribution in [3.63, 3.8) is 0 Å². The van der Waals surface area contributed by atoms with E-state index in [2.05, 4.69) is 0 Å². The Labute approximate surface area is 111 Å². The Morgan fingerprint density at radius 2 is 1.84 bits per heavy atom. The molecule has 0 aromatic heterocycles. The lowest BCUT2D eigenvalue weighted by Crippen LogP contribution is -2.41. The quantitative estimate of drug-likeness (QED) is 0.874. The number of anilines is 1. The fraction of sp³-hybridized carbons (Fsp3) is 0.143. The summed E-state index contributed by atoms with van der Waals surface area (Å²) in [7, 11) is 1.79. The summed E-state index contributed by atoms with van der Waals surface area (Å²) in [5.41, 5.74) is 5.84. The van der Waals surface area contributed by atoms with E-state index in [4.69, 9.17) is 5.73 Å². The van der Waals surface area contributed by atoms with Crippen LogP contribution < -0.4 is 16.0 Å². The van der Waals surface area contributed by atoms with Gasteiger partial charge in [-0.2, -0.15) is 0 Å². The van der Waals surface area contributed by atoms with E-state index in [1.807, 2.05) is 47.8 Å². The fourth-order valence-corrected chi connectivity index (χ4v) is 2.02. The predicted molar refractivity (Wildman–Crippen MR) is 74.9 cm³/mol. The minimum absolute atomic E-state index is 0.0664. The highest BCUT2D eigenvalue weighted by atomic mass is 16.2. The number of carbonyl (C=O) groups is 2.